The van der Waals surface area contributed by atoms with Crippen molar-refractivity contribution in [1.82, 2.24) is 4.98 Å². The Morgan fingerprint density at radius 3 is 2.32 bits per heavy atom. The largest absolute Gasteiger partial charge is 0.494 e. The molecule has 0 amide bonds. The van der Waals surface area contributed by atoms with Crippen LogP contribution in [0, 0.1) is 6.92 Å². The third-order valence-electron chi connectivity index (χ3n) is 4.31. The van der Waals surface area contributed by atoms with Gasteiger partial charge >= 0.3 is 5.97 Å². The summed E-state index contributed by atoms with van der Waals surface area (Å²) in [7, 11) is 0. The Labute approximate surface area is 163 Å². The standard InChI is InChI=1S/C22H23NO5/c1-4-26-16-9-11-17(12-10-16)27-13-20(24)28-15(3)22(25)21-14(2)23-19-8-6-5-7-18(19)21/h5-12,15,23H,4,13H2,1-3H3/t15-/m0/s1. The molecule has 28 heavy (non-hydrogen) atoms. The number of benzene rings is 2. The van der Waals surface area contributed by atoms with Crippen LogP contribution in [-0.4, -0.2) is 36.1 Å². The molecule has 0 saturated heterocycles. The van der Waals surface area contributed by atoms with Crippen LogP contribution in [0.25, 0.3) is 10.9 Å². The maximum absolute atomic E-state index is 12.8. The van der Waals surface area contributed by atoms with E-state index in [1.54, 1.807) is 31.2 Å². The summed E-state index contributed by atoms with van der Waals surface area (Å²) < 4.78 is 16.0. The number of hydrogen-bond donors (Lipinski definition) is 1. The van der Waals surface area contributed by atoms with Gasteiger partial charge in [-0.25, -0.2) is 4.79 Å². The van der Waals surface area contributed by atoms with Crippen LogP contribution in [-0.2, 0) is 9.53 Å². The van der Waals surface area contributed by atoms with E-state index in [4.69, 9.17) is 14.2 Å². The molecular weight excluding hydrogens is 358 g/mol. The molecule has 1 atom stereocenters. The summed E-state index contributed by atoms with van der Waals surface area (Å²) >= 11 is 0. The number of rotatable bonds is 8. The summed E-state index contributed by atoms with van der Waals surface area (Å²) in [5, 5.41) is 0.818. The zero-order valence-electron chi connectivity index (χ0n) is 16.2. The smallest absolute Gasteiger partial charge is 0.344 e. The number of Topliss-reactive ketones (excluding diaryl/α,β-unsaturated/α-hetero) is 1. The topological polar surface area (TPSA) is 77.6 Å². The zero-order valence-corrected chi connectivity index (χ0v) is 16.2. The maximum Gasteiger partial charge on any atom is 0.344 e. The Kier molecular flexibility index (Phi) is 5.99. The van der Waals surface area contributed by atoms with Crippen molar-refractivity contribution in [3.8, 4) is 11.5 Å². The first kappa shape index (κ1) is 19.5. The summed E-state index contributed by atoms with van der Waals surface area (Å²) in [6.45, 7) is 5.60. The van der Waals surface area contributed by atoms with E-state index < -0.39 is 12.1 Å². The summed E-state index contributed by atoms with van der Waals surface area (Å²) in [6, 6.07) is 14.5. The van der Waals surface area contributed by atoms with Crippen molar-refractivity contribution in [2.45, 2.75) is 26.9 Å². The third-order valence-corrected chi connectivity index (χ3v) is 4.31. The van der Waals surface area contributed by atoms with Crippen LogP contribution in [0.4, 0.5) is 0 Å². The lowest BCUT2D eigenvalue weighted by molar-refractivity contribution is -0.148. The molecular formula is C22H23NO5. The van der Waals surface area contributed by atoms with Crippen molar-refractivity contribution in [3.05, 3.63) is 59.8 Å². The fourth-order valence-electron chi connectivity index (χ4n) is 3.02. The van der Waals surface area contributed by atoms with Crippen molar-refractivity contribution < 1.29 is 23.8 Å². The van der Waals surface area contributed by atoms with E-state index in [1.165, 1.54) is 0 Å². The van der Waals surface area contributed by atoms with E-state index in [-0.39, 0.29) is 12.4 Å². The molecule has 3 rings (SSSR count). The van der Waals surface area contributed by atoms with E-state index in [0.29, 0.717) is 17.9 Å². The molecule has 1 N–H and O–H groups in total. The van der Waals surface area contributed by atoms with E-state index >= 15 is 0 Å². The molecule has 0 aliphatic rings. The van der Waals surface area contributed by atoms with Crippen molar-refractivity contribution in [1.29, 1.82) is 0 Å². The van der Waals surface area contributed by atoms with Gasteiger partial charge in [0.2, 0.25) is 5.78 Å². The van der Waals surface area contributed by atoms with Gasteiger partial charge in [-0.05, 0) is 51.1 Å². The molecule has 146 valence electrons. The molecule has 0 spiro atoms. The van der Waals surface area contributed by atoms with Gasteiger partial charge in [-0.2, -0.15) is 0 Å². The summed E-state index contributed by atoms with van der Waals surface area (Å²) in [5.41, 5.74) is 2.17. The molecule has 0 aliphatic carbocycles. The molecule has 0 unspecified atom stereocenters. The number of carbonyl (C=O) groups excluding carboxylic acids is 2. The number of aromatic amines is 1. The first-order chi connectivity index (χ1) is 13.5. The van der Waals surface area contributed by atoms with Gasteiger partial charge in [-0.1, -0.05) is 18.2 Å². The summed E-state index contributed by atoms with van der Waals surface area (Å²) in [6.07, 6.45) is -0.908. The summed E-state index contributed by atoms with van der Waals surface area (Å²) in [4.78, 5) is 28.1. The minimum Gasteiger partial charge on any atom is -0.494 e. The number of esters is 1. The second-order valence-corrected chi connectivity index (χ2v) is 6.36. The molecule has 0 radical (unpaired) electrons. The Morgan fingerprint density at radius 1 is 1.00 bits per heavy atom. The lowest BCUT2D eigenvalue weighted by Crippen LogP contribution is -2.27. The quantitative estimate of drug-likeness (QED) is 0.470. The van der Waals surface area contributed by atoms with Gasteiger partial charge in [0.1, 0.15) is 11.5 Å². The Bertz CT molecular complexity index is 974. The normalized spacial score (nSPS) is 11.8. The van der Waals surface area contributed by atoms with Crippen LogP contribution in [0.15, 0.2) is 48.5 Å². The number of aryl methyl sites for hydroxylation is 1. The van der Waals surface area contributed by atoms with Gasteiger partial charge in [0, 0.05) is 22.2 Å². The Morgan fingerprint density at radius 2 is 1.64 bits per heavy atom. The lowest BCUT2D eigenvalue weighted by atomic mass is 10.0. The van der Waals surface area contributed by atoms with Crippen LogP contribution in [0.5, 0.6) is 11.5 Å². The molecule has 0 fully saturated rings. The number of carbonyl (C=O) groups is 2. The van der Waals surface area contributed by atoms with Crippen molar-refractivity contribution in [2.75, 3.05) is 13.2 Å². The van der Waals surface area contributed by atoms with Gasteiger partial charge in [-0.3, -0.25) is 4.79 Å². The molecule has 6 nitrogen and oxygen atoms in total. The number of para-hydroxylation sites is 1. The van der Waals surface area contributed by atoms with Gasteiger partial charge in [-0.15, -0.1) is 0 Å². The second-order valence-electron chi connectivity index (χ2n) is 6.36. The number of ether oxygens (including phenoxy) is 3. The zero-order chi connectivity index (χ0) is 20.1. The highest BCUT2D eigenvalue weighted by Crippen LogP contribution is 2.24. The molecule has 1 heterocycles. The molecule has 0 bridgehead atoms. The minimum atomic E-state index is -0.908. The minimum absolute atomic E-state index is 0.246. The monoisotopic (exact) mass is 381 g/mol. The van der Waals surface area contributed by atoms with Crippen molar-refractivity contribution in [3.63, 3.8) is 0 Å². The number of hydrogen-bond acceptors (Lipinski definition) is 5. The highest BCUT2D eigenvalue weighted by molar-refractivity contribution is 6.11. The first-order valence-electron chi connectivity index (χ1n) is 9.16. The predicted octanol–water partition coefficient (Wildman–Crippen LogP) is 4.07. The third kappa shape index (κ3) is 4.34. The number of fused-ring (bicyclic) bond motifs is 1. The Balaban J connectivity index is 1.59. The molecule has 1 aromatic heterocycles. The highest BCUT2D eigenvalue weighted by Gasteiger charge is 2.24. The predicted molar refractivity (Wildman–Crippen MR) is 106 cm³/mol. The number of nitrogens with one attached hydrogen (secondary N) is 1. The molecule has 6 heteroatoms. The average molecular weight is 381 g/mol. The average Bonchev–Trinajstić information content (AvgIpc) is 3.02. The molecule has 0 saturated carbocycles. The van der Waals surface area contributed by atoms with Crippen LogP contribution < -0.4 is 9.47 Å². The van der Waals surface area contributed by atoms with Gasteiger partial charge in [0.25, 0.3) is 0 Å². The van der Waals surface area contributed by atoms with E-state index in [9.17, 15) is 9.59 Å². The number of H-pyrrole nitrogens is 1. The molecule has 3 aromatic rings. The van der Waals surface area contributed by atoms with Crippen LogP contribution >= 0.6 is 0 Å². The molecule has 0 aliphatic heterocycles. The van der Waals surface area contributed by atoms with Crippen LogP contribution in [0.1, 0.15) is 29.9 Å². The second kappa shape index (κ2) is 8.61. The number of ketones is 1. The van der Waals surface area contributed by atoms with Crippen molar-refractivity contribution >= 4 is 22.7 Å². The van der Waals surface area contributed by atoms with Gasteiger partial charge in [0.15, 0.2) is 12.7 Å². The number of aromatic nitrogens is 1. The fourth-order valence-corrected chi connectivity index (χ4v) is 3.02. The van der Waals surface area contributed by atoms with E-state index in [2.05, 4.69) is 4.98 Å². The van der Waals surface area contributed by atoms with Crippen LogP contribution in [0.2, 0.25) is 0 Å². The van der Waals surface area contributed by atoms with Gasteiger partial charge < -0.3 is 19.2 Å². The molecule has 2 aromatic carbocycles. The van der Waals surface area contributed by atoms with E-state index in [0.717, 1.165) is 22.3 Å². The highest BCUT2D eigenvalue weighted by atomic mass is 16.6. The van der Waals surface area contributed by atoms with Crippen molar-refractivity contribution in [2.24, 2.45) is 0 Å². The van der Waals surface area contributed by atoms with Gasteiger partial charge in [0.05, 0.1) is 6.61 Å². The summed E-state index contributed by atoms with van der Waals surface area (Å²) in [5.74, 6) is 0.397. The maximum atomic E-state index is 12.8. The fraction of sp³-hybridized carbons (Fsp3) is 0.273. The Hall–Kier alpha value is -3.28. The SMILES string of the molecule is CCOc1ccc(OCC(=O)O[C@@H](C)C(=O)c2c(C)[nH]c3ccccc23)cc1. The van der Waals surface area contributed by atoms with Crippen LogP contribution in [0.3, 0.4) is 0 Å². The first-order valence-corrected chi connectivity index (χ1v) is 9.16. The van der Waals surface area contributed by atoms with E-state index in [1.807, 2.05) is 38.1 Å². The lowest BCUT2D eigenvalue weighted by Gasteiger charge is -2.13.